The maximum atomic E-state index is 14.4. The summed E-state index contributed by atoms with van der Waals surface area (Å²) in [5, 5.41) is 0.159. The Morgan fingerprint density at radius 1 is 1.12 bits per heavy atom. The van der Waals surface area contributed by atoms with Crippen molar-refractivity contribution in [2.24, 2.45) is 4.99 Å². The first-order chi connectivity index (χ1) is 16.3. The Hall–Kier alpha value is -3.56. The number of benzene rings is 2. The third-order valence-electron chi connectivity index (χ3n) is 5.35. The zero-order valence-electron chi connectivity index (χ0n) is 18.3. The average molecular weight is 501 g/mol. The molecule has 2 heterocycles. The van der Waals surface area contributed by atoms with E-state index in [1.165, 1.54) is 43.1 Å². The van der Waals surface area contributed by atoms with Gasteiger partial charge in [-0.3, -0.25) is 9.36 Å². The van der Waals surface area contributed by atoms with Crippen LogP contribution in [0.25, 0.3) is 6.08 Å². The van der Waals surface area contributed by atoms with Crippen molar-refractivity contribution in [2.45, 2.75) is 13.0 Å². The van der Waals surface area contributed by atoms with Crippen molar-refractivity contribution in [1.29, 1.82) is 0 Å². The fourth-order valence-electron chi connectivity index (χ4n) is 3.71. The molecule has 10 heteroatoms. The van der Waals surface area contributed by atoms with Gasteiger partial charge in [-0.15, -0.1) is 0 Å². The van der Waals surface area contributed by atoms with Gasteiger partial charge in [0.25, 0.3) is 5.56 Å². The molecule has 0 amide bonds. The van der Waals surface area contributed by atoms with Crippen LogP contribution in [0.15, 0.2) is 63.5 Å². The van der Waals surface area contributed by atoms with Crippen molar-refractivity contribution in [2.75, 3.05) is 14.2 Å². The highest BCUT2D eigenvalue weighted by atomic mass is 35.5. The van der Waals surface area contributed by atoms with Crippen LogP contribution in [-0.4, -0.2) is 30.7 Å². The summed E-state index contributed by atoms with van der Waals surface area (Å²) in [5.41, 5.74) is 1.03. The van der Waals surface area contributed by atoms with E-state index in [-0.39, 0.29) is 20.7 Å². The molecule has 0 N–H and O–H groups in total. The molecule has 0 fully saturated rings. The van der Waals surface area contributed by atoms with Gasteiger partial charge in [0.05, 0.1) is 46.7 Å². The SMILES string of the molecule is COC(=O)C1=C(C)N=c2s/c(=C/c3c(F)cccc3Cl)c(=O)n2[C@H]1c1ccc(C(=O)OC)cc1. The molecular formula is C24H18ClFN2O5S. The molecule has 0 spiro atoms. The number of aromatic nitrogens is 1. The molecule has 1 aliphatic heterocycles. The summed E-state index contributed by atoms with van der Waals surface area (Å²) >= 11 is 7.19. The number of esters is 2. The number of allylic oxidation sites excluding steroid dienone is 1. The first kappa shape index (κ1) is 23.6. The van der Waals surface area contributed by atoms with Crippen molar-refractivity contribution >= 4 is 41.0 Å². The Kier molecular flexibility index (Phi) is 6.49. The number of nitrogens with zero attached hydrogens (tertiary/aromatic N) is 2. The highest BCUT2D eigenvalue weighted by Crippen LogP contribution is 2.31. The highest BCUT2D eigenvalue weighted by molar-refractivity contribution is 7.07. The first-order valence-electron chi connectivity index (χ1n) is 10.00. The van der Waals surface area contributed by atoms with Crippen molar-refractivity contribution in [3.05, 3.63) is 101 Å². The van der Waals surface area contributed by atoms with Crippen LogP contribution in [0.3, 0.4) is 0 Å². The number of halogens is 2. The number of fused-ring (bicyclic) bond motifs is 1. The monoisotopic (exact) mass is 500 g/mol. The predicted molar refractivity (Wildman–Crippen MR) is 125 cm³/mol. The van der Waals surface area contributed by atoms with Crippen molar-refractivity contribution < 1.29 is 23.5 Å². The lowest BCUT2D eigenvalue weighted by atomic mass is 9.95. The summed E-state index contributed by atoms with van der Waals surface area (Å²) in [6.07, 6.45) is 1.37. The van der Waals surface area contributed by atoms with E-state index in [2.05, 4.69) is 4.99 Å². The maximum Gasteiger partial charge on any atom is 0.338 e. The molecule has 0 radical (unpaired) electrons. The van der Waals surface area contributed by atoms with E-state index in [4.69, 9.17) is 21.1 Å². The molecule has 1 aliphatic rings. The van der Waals surface area contributed by atoms with Gasteiger partial charge in [0.2, 0.25) is 0 Å². The molecule has 1 atom stereocenters. The molecule has 4 rings (SSSR count). The summed E-state index contributed by atoms with van der Waals surface area (Å²) in [6.45, 7) is 1.65. The second-order valence-corrected chi connectivity index (χ2v) is 8.74. The van der Waals surface area contributed by atoms with Crippen molar-refractivity contribution in [1.82, 2.24) is 4.57 Å². The van der Waals surface area contributed by atoms with Crippen LogP contribution < -0.4 is 14.9 Å². The highest BCUT2D eigenvalue weighted by Gasteiger charge is 2.33. The van der Waals surface area contributed by atoms with E-state index in [0.29, 0.717) is 21.6 Å². The van der Waals surface area contributed by atoms with E-state index >= 15 is 0 Å². The Morgan fingerprint density at radius 2 is 1.79 bits per heavy atom. The number of methoxy groups -OCH3 is 2. The Balaban J connectivity index is 1.96. The molecule has 7 nitrogen and oxygen atoms in total. The fourth-order valence-corrected chi connectivity index (χ4v) is 4.95. The standard InChI is InChI=1S/C24H18ClFN2O5S/c1-12-19(23(31)33-3)20(13-7-9-14(10-8-13)22(30)32-2)28-21(29)18(34-24(28)27-12)11-15-16(25)5-4-6-17(15)26/h4-11,20H,1-3H3/b18-11+/t20-/m0/s1. The summed E-state index contributed by atoms with van der Waals surface area (Å²) < 4.78 is 25.6. The van der Waals surface area contributed by atoms with Gasteiger partial charge in [-0.1, -0.05) is 41.1 Å². The Morgan fingerprint density at radius 3 is 2.41 bits per heavy atom. The van der Waals surface area contributed by atoms with Crippen LogP contribution in [-0.2, 0) is 14.3 Å². The van der Waals surface area contributed by atoms with Gasteiger partial charge in [-0.05, 0) is 42.8 Å². The molecule has 0 saturated heterocycles. The van der Waals surface area contributed by atoms with Crippen LogP contribution in [0.1, 0.15) is 34.5 Å². The molecule has 3 aromatic rings. The molecule has 34 heavy (non-hydrogen) atoms. The Labute approximate surface area is 202 Å². The van der Waals surface area contributed by atoms with E-state index in [9.17, 15) is 18.8 Å². The lowest BCUT2D eigenvalue weighted by Gasteiger charge is -2.24. The summed E-state index contributed by atoms with van der Waals surface area (Å²) in [5.74, 6) is -1.73. The van der Waals surface area contributed by atoms with Gasteiger partial charge in [-0.25, -0.2) is 19.0 Å². The lowest BCUT2D eigenvalue weighted by molar-refractivity contribution is -0.136. The minimum Gasteiger partial charge on any atom is -0.466 e. The Bertz CT molecular complexity index is 1500. The number of rotatable bonds is 4. The van der Waals surface area contributed by atoms with Crippen LogP contribution in [0.5, 0.6) is 0 Å². The van der Waals surface area contributed by atoms with Gasteiger partial charge >= 0.3 is 11.9 Å². The van der Waals surface area contributed by atoms with Gasteiger partial charge in [0.15, 0.2) is 4.80 Å². The van der Waals surface area contributed by atoms with Gasteiger partial charge in [-0.2, -0.15) is 0 Å². The summed E-state index contributed by atoms with van der Waals surface area (Å²) in [6, 6.07) is 9.72. The summed E-state index contributed by atoms with van der Waals surface area (Å²) in [4.78, 5) is 42.8. The van der Waals surface area contributed by atoms with Gasteiger partial charge in [0, 0.05) is 5.56 Å². The van der Waals surface area contributed by atoms with Gasteiger partial charge < -0.3 is 9.47 Å². The normalized spacial score (nSPS) is 15.6. The first-order valence-corrected chi connectivity index (χ1v) is 11.2. The number of carbonyl (C=O) groups is 2. The molecule has 0 saturated carbocycles. The third kappa shape index (κ3) is 4.08. The van der Waals surface area contributed by atoms with Crippen molar-refractivity contribution in [3.8, 4) is 0 Å². The van der Waals surface area contributed by atoms with E-state index in [0.717, 1.165) is 11.3 Å². The fraction of sp³-hybridized carbons (Fsp3) is 0.167. The zero-order chi connectivity index (χ0) is 24.6. The molecule has 0 bridgehead atoms. The number of hydrogen-bond donors (Lipinski definition) is 0. The topological polar surface area (TPSA) is 87.0 Å². The zero-order valence-corrected chi connectivity index (χ0v) is 19.9. The maximum absolute atomic E-state index is 14.4. The molecular weight excluding hydrogens is 483 g/mol. The molecule has 0 unspecified atom stereocenters. The lowest BCUT2D eigenvalue weighted by Crippen LogP contribution is -2.39. The van der Waals surface area contributed by atoms with Crippen LogP contribution in [0, 0.1) is 5.82 Å². The smallest absolute Gasteiger partial charge is 0.338 e. The minimum absolute atomic E-state index is 0.0808. The number of ether oxygens (including phenoxy) is 2. The van der Waals surface area contributed by atoms with E-state index in [1.54, 1.807) is 31.2 Å². The summed E-state index contributed by atoms with van der Waals surface area (Å²) in [7, 11) is 2.52. The van der Waals surface area contributed by atoms with Gasteiger partial charge in [0.1, 0.15) is 5.82 Å². The number of hydrogen-bond acceptors (Lipinski definition) is 7. The number of thiazole rings is 1. The minimum atomic E-state index is -0.867. The van der Waals surface area contributed by atoms with Crippen LogP contribution in [0.4, 0.5) is 4.39 Å². The molecule has 2 aromatic carbocycles. The largest absolute Gasteiger partial charge is 0.466 e. The second-order valence-electron chi connectivity index (χ2n) is 7.32. The second kappa shape index (κ2) is 9.36. The average Bonchev–Trinajstić information content (AvgIpc) is 3.14. The molecule has 174 valence electrons. The van der Waals surface area contributed by atoms with Crippen LogP contribution in [0.2, 0.25) is 5.02 Å². The van der Waals surface area contributed by atoms with E-state index < -0.39 is 29.4 Å². The number of carbonyl (C=O) groups excluding carboxylic acids is 2. The predicted octanol–water partition coefficient (Wildman–Crippen LogP) is 2.99. The van der Waals surface area contributed by atoms with Crippen LogP contribution >= 0.6 is 22.9 Å². The van der Waals surface area contributed by atoms with E-state index in [1.807, 2.05) is 0 Å². The third-order valence-corrected chi connectivity index (χ3v) is 6.66. The quantitative estimate of drug-likeness (QED) is 0.514. The molecule has 0 aliphatic carbocycles. The van der Waals surface area contributed by atoms with Crippen molar-refractivity contribution in [3.63, 3.8) is 0 Å². The molecule has 1 aromatic heterocycles.